The number of aryl methyl sites for hydroxylation is 3. The average molecular weight is 323 g/mol. The normalized spacial score (nSPS) is 11.4. The van der Waals surface area contributed by atoms with Gasteiger partial charge in [0.05, 0.1) is 28.8 Å². The number of rotatable bonds is 3. The van der Waals surface area contributed by atoms with Crippen molar-refractivity contribution in [3.8, 4) is 10.6 Å². The largest absolute Gasteiger partial charge is 0.268 e. The molecule has 4 rings (SSSR count). The summed E-state index contributed by atoms with van der Waals surface area (Å²) in [5.41, 5.74) is 5.56. The third-order valence-corrected chi connectivity index (χ3v) is 5.07. The molecule has 0 radical (unpaired) electrons. The molecule has 5 nitrogen and oxygen atoms in total. The van der Waals surface area contributed by atoms with E-state index in [1.54, 1.807) is 11.3 Å². The van der Waals surface area contributed by atoms with Crippen LogP contribution in [0.15, 0.2) is 35.8 Å². The van der Waals surface area contributed by atoms with Gasteiger partial charge in [-0.25, -0.2) is 4.68 Å². The molecule has 3 heterocycles. The Bertz CT molecular complexity index is 992. The van der Waals surface area contributed by atoms with Gasteiger partial charge < -0.3 is 0 Å². The fourth-order valence-corrected chi connectivity index (χ4v) is 3.71. The number of fused-ring (bicyclic) bond motifs is 1. The Morgan fingerprint density at radius 2 is 2.04 bits per heavy atom. The minimum Gasteiger partial charge on any atom is -0.268 e. The van der Waals surface area contributed by atoms with Crippen molar-refractivity contribution < 1.29 is 0 Å². The number of benzene rings is 1. The Labute approximate surface area is 138 Å². The van der Waals surface area contributed by atoms with Gasteiger partial charge in [-0.15, -0.1) is 16.4 Å². The van der Waals surface area contributed by atoms with Crippen molar-refractivity contribution >= 4 is 22.2 Å². The molecule has 6 heteroatoms. The minimum atomic E-state index is 0.623. The van der Waals surface area contributed by atoms with Crippen LogP contribution in [-0.4, -0.2) is 24.8 Å². The third-order valence-electron chi connectivity index (χ3n) is 4.03. The van der Waals surface area contributed by atoms with Crippen molar-refractivity contribution in [3.63, 3.8) is 0 Å². The van der Waals surface area contributed by atoms with Gasteiger partial charge in [0.2, 0.25) is 0 Å². The van der Waals surface area contributed by atoms with Crippen LogP contribution in [0, 0.1) is 13.8 Å². The molecule has 4 aromatic rings. The van der Waals surface area contributed by atoms with Crippen LogP contribution in [0.2, 0.25) is 0 Å². The minimum absolute atomic E-state index is 0.623. The van der Waals surface area contributed by atoms with E-state index in [9.17, 15) is 0 Å². The molecule has 0 aliphatic heterocycles. The van der Waals surface area contributed by atoms with Gasteiger partial charge in [0.1, 0.15) is 5.69 Å². The number of aromatic nitrogens is 5. The zero-order valence-corrected chi connectivity index (χ0v) is 14.1. The maximum atomic E-state index is 4.65. The van der Waals surface area contributed by atoms with E-state index in [2.05, 4.69) is 58.9 Å². The van der Waals surface area contributed by atoms with Crippen LogP contribution >= 0.6 is 11.3 Å². The van der Waals surface area contributed by atoms with Gasteiger partial charge >= 0.3 is 0 Å². The van der Waals surface area contributed by atoms with Crippen molar-refractivity contribution in [3.05, 3.63) is 52.7 Å². The monoisotopic (exact) mass is 323 g/mol. The van der Waals surface area contributed by atoms with Crippen molar-refractivity contribution in [2.24, 2.45) is 7.05 Å². The van der Waals surface area contributed by atoms with E-state index in [0.29, 0.717) is 6.54 Å². The Kier molecular flexibility index (Phi) is 3.27. The maximum absolute atomic E-state index is 4.65. The highest BCUT2D eigenvalue weighted by atomic mass is 32.1. The van der Waals surface area contributed by atoms with Crippen LogP contribution in [0.1, 0.15) is 16.8 Å². The highest BCUT2D eigenvalue weighted by molar-refractivity contribution is 7.13. The Morgan fingerprint density at radius 1 is 1.17 bits per heavy atom. The molecule has 0 atom stereocenters. The smallest absolute Gasteiger partial charge is 0.123 e. The zero-order chi connectivity index (χ0) is 16.0. The molecule has 0 N–H and O–H groups in total. The lowest BCUT2D eigenvalue weighted by Gasteiger charge is -1.98. The molecule has 0 aliphatic carbocycles. The standard InChI is InChI=1S/C17H17N5S/c1-11-4-5-16-13(8-11)14(19-21(16)3)9-22-10-15(18-20-22)17-12(2)6-7-23-17/h4-8,10H,9H2,1-3H3. The van der Waals surface area contributed by atoms with Crippen molar-refractivity contribution in [2.45, 2.75) is 20.4 Å². The number of hydrogen-bond acceptors (Lipinski definition) is 4. The molecule has 0 unspecified atom stereocenters. The highest BCUT2D eigenvalue weighted by Gasteiger charge is 2.12. The summed E-state index contributed by atoms with van der Waals surface area (Å²) in [5.74, 6) is 0. The molecule has 0 aliphatic rings. The molecular weight excluding hydrogens is 306 g/mol. The van der Waals surface area contributed by atoms with E-state index in [1.807, 2.05) is 22.6 Å². The molecule has 1 aromatic carbocycles. The van der Waals surface area contributed by atoms with Gasteiger partial charge in [-0.3, -0.25) is 4.68 Å². The number of thiophene rings is 1. The van der Waals surface area contributed by atoms with E-state index in [1.165, 1.54) is 21.4 Å². The molecular formula is C17H17N5S. The molecule has 0 amide bonds. The number of nitrogens with zero attached hydrogens (tertiary/aromatic N) is 5. The summed E-state index contributed by atoms with van der Waals surface area (Å²) in [5, 5.41) is 16.5. The average Bonchev–Trinajstić information content (AvgIpc) is 3.20. The molecule has 0 saturated carbocycles. The second-order valence-corrected chi connectivity index (χ2v) is 6.74. The lowest BCUT2D eigenvalue weighted by molar-refractivity contribution is 0.628. The van der Waals surface area contributed by atoms with Crippen molar-refractivity contribution in [1.29, 1.82) is 0 Å². The Morgan fingerprint density at radius 3 is 2.83 bits per heavy atom. The molecule has 0 spiro atoms. The van der Waals surface area contributed by atoms with Crippen LogP contribution < -0.4 is 0 Å². The second kappa shape index (κ2) is 5.31. The van der Waals surface area contributed by atoms with Gasteiger partial charge in [-0.1, -0.05) is 16.8 Å². The lowest BCUT2D eigenvalue weighted by Crippen LogP contribution is -2.02. The summed E-state index contributed by atoms with van der Waals surface area (Å²) in [7, 11) is 1.98. The first-order chi connectivity index (χ1) is 11.1. The van der Waals surface area contributed by atoms with E-state index < -0.39 is 0 Å². The Balaban J connectivity index is 1.70. The van der Waals surface area contributed by atoms with Crippen LogP contribution in [0.3, 0.4) is 0 Å². The van der Waals surface area contributed by atoms with Crippen molar-refractivity contribution in [1.82, 2.24) is 24.8 Å². The summed E-state index contributed by atoms with van der Waals surface area (Å²) >= 11 is 1.70. The van der Waals surface area contributed by atoms with E-state index in [4.69, 9.17) is 0 Å². The molecule has 0 fully saturated rings. The fourth-order valence-electron chi connectivity index (χ4n) is 2.84. The summed E-state index contributed by atoms with van der Waals surface area (Å²) in [4.78, 5) is 1.18. The first-order valence-electron chi connectivity index (χ1n) is 7.48. The second-order valence-electron chi connectivity index (χ2n) is 5.83. The van der Waals surface area contributed by atoms with E-state index in [0.717, 1.165) is 16.9 Å². The van der Waals surface area contributed by atoms with Crippen LogP contribution in [-0.2, 0) is 13.6 Å². The van der Waals surface area contributed by atoms with Gasteiger partial charge in [0.15, 0.2) is 0 Å². The molecule has 0 saturated heterocycles. The topological polar surface area (TPSA) is 48.5 Å². The van der Waals surface area contributed by atoms with Crippen LogP contribution in [0.4, 0.5) is 0 Å². The van der Waals surface area contributed by atoms with Gasteiger partial charge in [0, 0.05) is 12.4 Å². The molecule has 3 aromatic heterocycles. The van der Waals surface area contributed by atoms with Crippen LogP contribution in [0.5, 0.6) is 0 Å². The predicted octanol–water partition coefficient (Wildman–Crippen LogP) is 3.56. The summed E-state index contributed by atoms with van der Waals surface area (Å²) < 4.78 is 3.78. The van der Waals surface area contributed by atoms with Gasteiger partial charge in [0.25, 0.3) is 0 Å². The molecule has 0 bridgehead atoms. The van der Waals surface area contributed by atoms with E-state index >= 15 is 0 Å². The first kappa shape index (κ1) is 14.1. The van der Waals surface area contributed by atoms with Crippen molar-refractivity contribution in [2.75, 3.05) is 0 Å². The van der Waals surface area contributed by atoms with Crippen LogP contribution in [0.25, 0.3) is 21.5 Å². The van der Waals surface area contributed by atoms with Gasteiger partial charge in [-0.2, -0.15) is 5.10 Å². The Hall–Kier alpha value is -2.47. The first-order valence-corrected chi connectivity index (χ1v) is 8.36. The predicted molar refractivity (Wildman–Crippen MR) is 92.6 cm³/mol. The highest BCUT2D eigenvalue weighted by Crippen LogP contribution is 2.27. The summed E-state index contributed by atoms with van der Waals surface area (Å²) in [6, 6.07) is 8.51. The summed E-state index contributed by atoms with van der Waals surface area (Å²) in [6.45, 7) is 4.82. The maximum Gasteiger partial charge on any atom is 0.123 e. The molecule has 23 heavy (non-hydrogen) atoms. The lowest BCUT2D eigenvalue weighted by atomic mass is 10.1. The SMILES string of the molecule is Cc1ccc2c(c1)c(Cn1cc(-c3sccc3C)nn1)nn2C. The van der Waals surface area contributed by atoms with Gasteiger partial charge in [-0.05, 0) is 43.0 Å². The number of hydrogen-bond donors (Lipinski definition) is 0. The third kappa shape index (κ3) is 2.45. The fraction of sp³-hybridized carbons (Fsp3) is 0.235. The molecule has 116 valence electrons. The van der Waals surface area contributed by atoms with E-state index in [-0.39, 0.29) is 0 Å². The quantitative estimate of drug-likeness (QED) is 0.579. The summed E-state index contributed by atoms with van der Waals surface area (Å²) in [6.07, 6.45) is 2.00. The zero-order valence-electron chi connectivity index (χ0n) is 13.3.